The van der Waals surface area contributed by atoms with Gasteiger partial charge in [-0.2, -0.15) is 10.2 Å². The summed E-state index contributed by atoms with van der Waals surface area (Å²) in [4.78, 5) is 19.1. The molecule has 0 saturated carbocycles. The lowest BCUT2D eigenvalue weighted by atomic mass is 10.1. The van der Waals surface area contributed by atoms with Gasteiger partial charge in [0.2, 0.25) is 5.91 Å². The van der Waals surface area contributed by atoms with Crippen LogP contribution in [-0.2, 0) is 11.8 Å². The number of allylic oxidation sites excluding steroid dienone is 1. The van der Waals surface area contributed by atoms with Gasteiger partial charge in [-0.25, -0.2) is 9.50 Å². The van der Waals surface area contributed by atoms with E-state index in [0.29, 0.717) is 12.4 Å². The molecule has 4 heterocycles. The summed E-state index contributed by atoms with van der Waals surface area (Å²) in [7, 11) is 1.88. The smallest absolute Gasteiger partial charge is 0.243 e. The molecule has 0 aromatic carbocycles. The van der Waals surface area contributed by atoms with E-state index < -0.39 is 0 Å². The average molecular weight is 400 g/mol. The Hall–Kier alpha value is -2.87. The standard InChI is InChI=1S/C19H22ClN7O/c1-25-11-14(10-22-25)16-13-27-17(6-8-21-27)19(24-16)26-9-3-4-15(12-26)23-18(28)5-2-7-20/h2,5-6,8,10-11,13,15H,3-4,7,9,12H2,1H3,(H,23,28)/b5-2+. The molecule has 1 unspecified atom stereocenters. The van der Waals surface area contributed by atoms with Gasteiger partial charge in [-0.15, -0.1) is 11.6 Å². The summed E-state index contributed by atoms with van der Waals surface area (Å²) < 4.78 is 3.60. The van der Waals surface area contributed by atoms with Gasteiger partial charge >= 0.3 is 0 Å². The molecule has 146 valence electrons. The van der Waals surface area contributed by atoms with Crippen LogP contribution in [0.4, 0.5) is 5.82 Å². The summed E-state index contributed by atoms with van der Waals surface area (Å²) in [5.41, 5.74) is 2.70. The van der Waals surface area contributed by atoms with Crippen molar-refractivity contribution in [3.8, 4) is 11.3 Å². The predicted molar refractivity (Wildman–Crippen MR) is 108 cm³/mol. The van der Waals surface area contributed by atoms with Gasteiger partial charge in [-0.1, -0.05) is 6.08 Å². The van der Waals surface area contributed by atoms with Crippen LogP contribution < -0.4 is 10.2 Å². The van der Waals surface area contributed by atoms with Crippen molar-refractivity contribution in [2.24, 2.45) is 7.05 Å². The molecule has 0 aliphatic carbocycles. The molecule has 4 rings (SSSR count). The molecule has 3 aromatic heterocycles. The Kier molecular flexibility index (Phi) is 5.29. The van der Waals surface area contributed by atoms with E-state index in [9.17, 15) is 4.79 Å². The third kappa shape index (κ3) is 3.87. The number of aryl methyl sites for hydroxylation is 1. The van der Waals surface area contributed by atoms with Gasteiger partial charge in [0.15, 0.2) is 5.82 Å². The highest BCUT2D eigenvalue weighted by molar-refractivity contribution is 6.19. The molecule has 1 amide bonds. The fourth-order valence-electron chi connectivity index (χ4n) is 3.52. The number of nitrogens with one attached hydrogen (secondary N) is 1. The van der Waals surface area contributed by atoms with E-state index in [-0.39, 0.29) is 11.9 Å². The van der Waals surface area contributed by atoms with Crippen molar-refractivity contribution in [3.05, 3.63) is 43.0 Å². The van der Waals surface area contributed by atoms with Crippen molar-refractivity contribution in [1.29, 1.82) is 0 Å². The number of nitrogens with zero attached hydrogens (tertiary/aromatic N) is 6. The summed E-state index contributed by atoms with van der Waals surface area (Å²) in [6.45, 7) is 1.58. The molecule has 1 aliphatic rings. The zero-order chi connectivity index (χ0) is 19.5. The van der Waals surface area contributed by atoms with Crippen molar-refractivity contribution >= 4 is 28.8 Å². The molecule has 28 heavy (non-hydrogen) atoms. The number of piperidine rings is 1. The summed E-state index contributed by atoms with van der Waals surface area (Å²) in [6.07, 6.45) is 12.5. The Morgan fingerprint density at radius 2 is 2.29 bits per heavy atom. The molecule has 0 spiro atoms. The van der Waals surface area contributed by atoms with Crippen LogP contribution in [0, 0.1) is 0 Å². The van der Waals surface area contributed by atoms with Gasteiger partial charge in [0.1, 0.15) is 5.52 Å². The van der Waals surface area contributed by atoms with Gasteiger partial charge in [0.25, 0.3) is 0 Å². The highest BCUT2D eigenvalue weighted by atomic mass is 35.5. The quantitative estimate of drug-likeness (QED) is 0.524. The number of rotatable bonds is 5. The monoisotopic (exact) mass is 399 g/mol. The van der Waals surface area contributed by atoms with Crippen molar-refractivity contribution < 1.29 is 4.79 Å². The summed E-state index contributed by atoms with van der Waals surface area (Å²) in [5.74, 6) is 1.09. The molecule has 1 aliphatic heterocycles. The van der Waals surface area contributed by atoms with Gasteiger partial charge in [-0.3, -0.25) is 9.48 Å². The van der Waals surface area contributed by atoms with Gasteiger partial charge in [0.05, 0.1) is 24.3 Å². The molecule has 1 atom stereocenters. The molecule has 3 aromatic rings. The maximum absolute atomic E-state index is 12.0. The van der Waals surface area contributed by atoms with E-state index in [2.05, 4.69) is 20.4 Å². The lowest BCUT2D eigenvalue weighted by Crippen LogP contribution is -2.47. The molecule has 9 heteroatoms. The summed E-state index contributed by atoms with van der Waals surface area (Å²) in [6, 6.07) is 2.02. The minimum Gasteiger partial charge on any atom is -0.353 e. The SMILES string of the molecule is Cn1cc(-c2cn3nccc3c(N3CCCC(NC(=O)/C=C/CCl)C3)n2)cn1. The zero-order valence-electron chi connectivity index (χ0n) is 15.6. The van der Waals surface area contributed by atoms with Gasteiger partial charge in [0, 0.05) is 49.9 Å². The van der Waals surface area contributed by atoms with E-state index in [4.69, 9.17) is 16.6 Å². The van der Waals surface area contributed by atoms with Crippen molar-refractivity contribution in [3.63, 3.8) is 0 Å². The normalized spacial score (nSPS) is 17.5. The van der Waals surface area contributed by atoms with Crippen LogP contribution in [0.25, 0.3) is 16.8 Å². The highest BCUT2D eigenvalue weighted by Crippen LogP contribution is 2.27. The predicted octanol–water partition coefficient (Wildman–Crippen LogP) is 2.01. The molecule has 1 fully saturated rings. The number of alkyl halides is 1. The summed E-state index contributed by atoms with van der Waals surface area (Å²) in [5, 5.41) is 11.7. The third-order valence-electron chi connectivity index (χ3n) is 4.80. The van der Waals surface area contributed by atoms with Crippen LogP contribution in [0.1, 0.15) is 12.8 Å². The molecule has 0 radical (unpaired) electrons. The van der Waals surface area contributed by atoms with Crippen LogP contribution >= 0.6 is 11.6 Å². The first-order valence-corrected chi connectivity index (χ1v) is 9.79. The number of fused-ring (bicyclic) bond motifs is 1. The maximum atomic E-state index is 12.0. The Bertz CT molecular complexity index is 1010. The van der Waals surface area contributed by atoms with Crippen LogP contribution in [0.3, 0.4) is 0 Å². The number of carbonyl (C=O) groups excluding carboxylic acids is 1. The lowest BCUT2D eigenvalue weighted by molar-refractivity contribution is -0.117. The minimum atomic E-state index is -0.112. The largest absolute Gasteiger partial charge is 0.353 e. The zero-order valence-corrected chi connectivity index (χ0v) is 16.4. The van der Waals surface area contributed by atoms with Crippen molar-refractivity contribution in [1.82, 2.24) is 29.7 Å². The molecular weight excluding hydrogens is 378 g/mol. The molecule has 1 N–H and O–H groups in total. The lowest BCUT2D eigenvalue weighted by Gasteiger charge is -2.34. The second-order valence-electron chi connectivity index (χ2n) is 6.86. The van der Waals surface area contributed by atoms with Gasteiger partial charge in [-0.05, 0) is 18.9 Å². The van der Waals surface area contributed by atoms with Crippen molar-refractivity contribution in [2.75, 3.05) is 23.9 Å². The number of carbonyl (C=O) groups is 1. The van der Waals surface area contributed by atoms with Gasteiger partial charge < -0.3 is 10.2 Å². The van der Waals surface area contributed by atoms with E-state index in [1.807, 2.05) is 30.0 Å². The number of hydrogen-bond acceptors (Lipinski definition) is 5. The molecule has 0 bridgehead atoms. The van der Waals surface area contributed by atoms with Crippen molar-refractivity contribution in [2.45, 2.75) is 18.9 Å². The van der Waals surface area contributed by atoms with Crippen LogP contribution in [-0.4, -0.2) is 55.3 Å². The number of hydrogen-bond donors (Lipinski definition) is 1. The number of halogens is 1. The minimum absolute atomic E-state index is 0.0630. The van der Waals surface area contributed by atoms with Crippen LogP contribution in [0.2, 0.25) is 0 Å². The second kappa shape index (κ2) is 8.02. The Balaban J connectivity index is 1.61. The molecular formula is C19H22ClN7O. The van der Waals surface area contributed by atoms with E-state index >= 15 is 0 Å². The Labute approximate surface area is 167 Å². The van der Waals surface area contributed by atoms with E-state index in [1.165, 1.54) is 6.08 Å². The molecule has 1 saturated heterocycles. The number of anilines is 1. The van der Waals surface area contributed by atoms with Crippen LogP contribution in [0.15, 0.2) is 43.0 Å². The maximum Gasteiger partial charge on any atom is 0.243 e. The first kappa shape index (κ1) is 18.5. The Morgan fingerprint density at radius 1 is 1.39 bits per heavy atom. The average Bonchev–Trinajstić information content (AvgIpc) is 3.34. The topological polar surface area (TPSA) is 80.4 Å². The first-order chi connectivity index (χ1) is 13.6. The fraction of sp³-hybridized carbons (Fsp3) is 0.368. The fourth-order valence-corrected chi connectivity index (χ4v) is 3.61. The second-order valence-corrected chi connectivity index (χ2v) is 7.17. The number of amides is 1. The molecule has 8 nitrogen and oxygen atoms in total. The summed E-state index contributed by atoms with van der Waals surface area (Å²) >= 11 is 5.61. The highest BCUT2D eigenvalue weighted by Gasteiger charge is 2.24. The number of aromatic nitrogens is 5. The van der Waals surface area contributed by atoms with Crippen LogP contribution in [0.5, 0.6) is 0 Å². The van der Waals surface area contributed by atoms with E-state index in [0.717, 1.165) is 42.0 Å². The first-order valence-electron chi connectivity index (χ1n) is 9.25. The Morgan fingerprint density at radius 3 is 3.07 bits per heavy atom. The third-order valence-corrected chi connectivity index (χ3v) is 4.97. The van der Waals surface area contributed by atoms with E-state index in [1.54, 1.807) is 23.2 Å².